The van der Waals surface area contributed by atoms with E-state index in [1.165, 1.54) is 6.20 Å². The lowest BCUT2D eigenvalue weighted by molar-refractivity contribution is 0.0302. The molecule has 0 aliphatic carbocycles. The van der Waals surface area contributed by atoms with Crippen molar-refractivity contribution >= 4 is 46.5 Å². The van der Waals surface area contributed by atoms with Gasteiger partial charge >= 0.3 is 0 Å². The second-order valence-corrected chi connectivity index (χ2v) is 6.82. The molecule has 1 saturated heterocycles. The molecule has 1 aliphatic rings. The molecule has 0 atom stereocenters. The van der Waals surface area contributed by atoms with Crippen molar-refractivity contribution in [3.8, 4) is 0 Å². The van der Waals surface area contributed by atoms with Crippen molar-refractivity contribution in [3.05, 3.63) is 44.8 Å². The van der Waals surface area contributed by atoms with Crippen LogP contribution in [0.25, 0.3) is 0 Å². The average Bonchev–Trinajstić information content (AvgIpc) is 2.87. The highest BCUT2D eigenvalue weighted by Crippen LogP contribution is 2.27. The Labute approximate surface area is 160 Å². The summed E-state index contributed by atoms with van der Waals surface area (Å²) in [6.07, 6.45) is 1.52. The molecule has 1 fully saturated rings. The normalized spacial score (nSPS) is 14.6. The first kappa shape index (κ1) is 18.3. The zero-order valence-corrected chi connectivity index (χ0v) is 15.8. The van der Waals surface area contributed by atoms with E-state index in [9.17, 15) is 4.79 Å². The molecule has 0 unspecified atom stereocenters. The quantitative estimate of drug-likeness (QED) is 0.849. The van der Waals surface area contributed by atoms with Crippen molar-refractivity contribution in [2.75, 3.05) is 31.6 Å². The van der Waals surface area contributed by atoms with Crippen LogP contribution in [0.2, 0.25) is 15.2 Å². The van der Waals surface area contributed by atoms with Gasteiger partial charge in [0, 0.05) is 32.0 Å². The summed E-state index contributed by atoms with van der Waals surface area (Å²) in [5, 5.41) is 4.48. The SMILES string of the molecule is Cn1c(CNc2ncc(C(=O)N3CCOCC3)cc2Cl)cc(Cl)c1Cl. The third kappa shape index (κ3) is 4.03. The Bertz CT molecular complexity index is 788. The number of carbonyl (C=O) groups is 1. The van der Waals surface area contributed by atoms with Crippen LogP contribution in [0.4, 0.5) is 5.82 Å². The Morgan fingerprint density at radius 2 is 1.96 bits per heavy atom. The predicted molar refractivity (Wildman–Crippen MR) is 98.7 cm³/mol. The molecule has 1 N–H and O–H groups in total. The molecular weight excluding hydrogens is 387 g/mol. The lowest BCUT2D eigenvalue weighted by atomic mass is 10.2. The third-order valence-electron chi connectivity index (χ3n) is 4.04. The van der Waals surface area contributed by atoms with Crippen LogP contribution in [0.15, 0.2) is 18.3 Å². The minimum absolute atomic E-state index is 0.0924. The molecule has 2 aromatic heterocycles. The molecule has 1 aliphatic heterocycles. The Balaban J connectivity index is 1.69. The topological polar surface area (TPSA) is 59.4 Å². The Kier molecular flexibility index (Phi) is 5.74. The van der Waals surface area contributed by atoms with E-state index in [0.29, 0.717) is 59.4 Å². The van der Waals surface area contributed by atoms with Gasteiger partial charge in [-0.25, -0.2) is 4.98 Å². The number of rotatable bonds is 4. The van der Waals surface area contributed by atoms with Gasteiger partial charge in [-0.15, -0.1) is 0 Å². The summed E-state index contributed by atoms with van der Waals surface area (Å²) in [6.45, 7) is 2.70. The van der Waals surface area contributed by atoms with Gasteiger partial charge in [0.2, 0.25) is 0 Å². The maximum Gasteiger partial charge on any atom is 0.255 e. The van der Waals surface area contributed by atoms with Gasteiger partial charge in [0.15, 0.2) is 0 Å². The molecule has 0 radical (unpaired) electrons. The molecular formula is C16H17Cl3N4O2. The molecule has 1 amide bonds. The van der Waals surface area contributed by atoms with Crippen LogP contribution >= 0.6 is 34.8 Å². The summed E-state index contributed by atoms with van der Waals surface area (Å²) < 4.78 is 7.03. The number of pyridine rings is 1. The summed E-state index contributed by atoms with van der Waals surface area (Å²) >= 11 is 18.3. The average molecular weight is 404 g/mol. The van der Waals surface area contributed by atoms with Gasteiger partial charge in [0.1, 0.15) is 11.0 Å². The molecule has 0 spiro atoms. The molecule has 25 heavy (non-hydrogen) atoms. The zero-order valence-electron chi connectivity index (χ0n) is 13.6. The number of nitrogens with one attached hydrogen (secondary N) is 1. The standard InChI is InChI=1S/C16H17Cl3N4O2/c1-22-11(7-12(17)14(22)19)9-21-15-13(18)6-10(8-20-15)16(24)23-2-4-25-5-3-23/h6-8H,2-5,9H2,1H3,(H,20,21). The molecule has 3 heterocycles. The maximum absolute atomic E-state index is 12.4. The lowest BCUT2D eigenvalue weighted by Crippen LogP contribution is -2.40. The maximum atomic E-state index is 12.4. The number of hydrogen-bond donors (Lipinski definition) is 1. The van der Waals surface area contributed by atoms with Gasteiger partial charge in [0.25, 0.3) is 5.91 Å². The van der Waals surface area contributed by atoms with Crippen LogP contribution < -0.4 is 5.32 Å². The van der Waals surface area contributed by atoms with E-state index in [1.807, 2.05) is 7.05 Å². The highest BCUT2D eigenvalue weighted by Gasteiger charge is 2.20. The van der Waals surface area contributed by atoms with Gasteiger partial charge in [-0.2, -0.15) is 0 Å². The number of hydrogen-bond acceptors (Lipinski definition) is 4. The summed E-state index contributed by atoms with van der Waals surface area (Å²) in [7, 11) is 1.82. The van der Waals surface area contributed by atoms with Crippen molar-refractivity contribution in [1.29, 1.82) is 0 Å². The largest absolute Gasteiger partial charge is 0.378 e. The van der Waals surface area contributed by atoms with Gasteiger partial charge in [-0.1, -0.05) is 34.8 Å². The van der Waals surface area contributed by atoms with Crippen LogP contribution in [-0.2, 0) is 18.3 Å². The van der Waals surface area contributed by atoms with Crippen LogP contribution in [0.3, 0.4) is 0 Å². The molecule has 9 heteroatoms. The number of morpholine rings is 1. The summed E-state index contributed by atoms with van der Waals surface area (Å²) in [4.78, 5) is 18.5. The van der Waals surface area contributed by atoms with E-state index in [2.05, 4.69) is 10.3 Å². The molecule has 0 saturated carbocycles. The number of aromatic nitrogens is 2. The van der Waals surface area contributed by atoms with Crippen molar-refractivity contribution in [1.82, 2.24) is 14.5 Å². The van der Waals surface area contributed by atoms with Crippen molar-refractivity contribution in [3.63, 3.8) is 0 Å². The monoisotopic (exact) mass is 402 g/mol. The molecule has 6 nitrogen and oxygen atoms in total. The second kappa shape index (κ2) is 7.83. The first-order chi connectivity index (χ1) is 12.0. The molecule has 134 valence electrons. The first-order valence-corrected chi connectivity index (χ1v) is 8.87. The van der Waals surface area contributed by atoms with Crippen molar-refractivity contribution in [2.24, 2.45) is 7.05 Å². The molecule has 0 aromatic carbocycles. The summed E-state index contributed by atoms with van der Waals surface area (Å²) in [6, 6.07) is 3.40. The fourth-order valence-electron chi connectivity index (χ4n) is 2.57. The van der Waals surface area contributed by atoms with Crippen LogP contribution in [0.5, 0.6) is 0 Å². The Morgan fingerprint density at radius 3 is 2.56 bits per heavy atom. The minimum Gasteiger partial charge on any atom is -0.378 e. The van der Waals surface area contributed by atoms with Gasteiger partial charge in [-0.05, 0) is 12.1 Å². The highest BCUT2D eigenvalue weighted by atomic mass is 35.5. The number of amides is 1. The third-order valence-corrected chi connectivity index (χ3v) is 5.17. The van der Waals surface area contributed by atoms with Crippen LogP contribution in [-0.4, -0.2) is 46.7 Å². The van der Waals surface area contributed by atoms with Gasteiger partial charge in [-0.3, -0.25) is 4.79 Å². The van der Waals surface area contributed by atoms with Gasteiger partial charge < -0.3 is 19.5 Å². The van der Waals surface area contributed by atoms with E-state index < -0.39 is 0 Å². The lowest BCUT2D eigenvalue weighted by Gasteiger charge is -2.26. The highest BCUT2D eigenvalue weighted by molar-refractivity contribution is 6.41. The van der Waals surface area contributed by atoms with E-state index in [0.717, 1.165) is 5.69 Å². The Morgan fingerprint density at radius 1 is 1.24 bits per heavy atom. The van der Waals surface area contributed by atoms with Gasteiger partial charge in [0.05, 0.1) is 35.4 Å². The Hall–Kier alpha value is -1.47. The smallest absolute Gasteiger partial charge is 0.255 e. The first-order valence-electron chi connectivity index (χ1n) is 7.73. The fourth-order valence-corrected chi connectivity index (χ4v) is 3.22. The van der Waals surface area contributed by atoms with Crippen molar-refractivity contribution < 1.29 is 9.53 Å². The number of nitrogens with zero attached hydrogens (tertiary/aromatic N) is 3. The van der Waals surface area contributed by atoms with Crippen LogP contribution in [0, 0.1) is 0 Å². The minimum atomic E-state index is -0.0924. The summed E-state index contributed by atoms with van der Waals surface area (Å²) in [5.74, 6) is 0.402. The number of halogens is 3. The molecule has 0 bridgehead atoms. The molecule has 2 aromatic rings. The summed E-state index contributed by atoms with van der Waals surface area (Å²) in [5.41, 5.74) is 1.35. The zero-order chi connectivity index (χ0) is 18.0. The number of carbonyl (C=O) groups excluding carboxylic acids is 1. The van der Waals surface area contributed by atoms with Crippen LogP contribution in [0.1, 0.15) is 16.1 Å². The number of ether oxygens (including phenoxy) is 1. The molecule has 3 rings (SSSR count). The van der Waals surface area contributed by atoms with Crippen molar-refractivity contribution in [2.45, 2.75) is 6.54 Å². The number of anilines is 1. The van der Waals surface area contributed by atoms with E-state index in [4.69, 9.17) is 39.5 Å². The second-order valence-electron chi connectivity index (χ2n) is 5.65. The van der Waals surface area contributed by atoms with E-state index in [-0.39, 0.29) is 5.91 Å². The van der Waals surface area contributed by atoms with E-state index in [1.54, 1.807) is 21.6 Å². The fraction of sp³-hybridized carbons (Fsp3) is 0.375. The van der Waals surface area contributed by atoms with E-state index >= 15 is 0 Å². The predicted octanol–water partition coefficient (Wildman–Crippen LogP) is 3.46.